The molecule has 0 radical (unpaired) electrons. The van der Waals surface area contributed by atoms with Crippen molar-refractivity contribution < 1.29 is 15.4 Å². The van der Waals surface area contributed by atoms with E-state index in [1.807, 2.05) is 0 Å². The number of oxime groups is 1. The molecule has 0 saturated heterocycles. The molecule has 1 aromatic carbocycles. The molecule has 4 heteroatoms. The zero-order chi connectivity index (χ0) is 11.4. The normalized spacial score (nSPS) is 11.4. The van der Waals surface area contributed by atoms with Gasteiger partial charge < -0.3 is 15.4 Å². The highest BCUT2D eigenvalue weighted by atomic mass is 16.4. The van der Waals surface area contributed by atoms with Crippen LogP contribution in [0.4, 0.5) is 0 Å². The molecule has 0 aliphatic carbocycles. The summed E-state index contributed by atoms with van der Waals surface area (Å²) in [6.07, 6.45) is 2.05. The maximum atomic E-state index is 9.80. The van der Waals surface area contributed by atoms with E-state index in [4.69, 9.17) is 5.21 Å². The fourth-order valence-electron chi connectivity index (χ4n) is 1.32. The van der Waals surface area contributed by atoms with Gasteiger partial charge in [0.1, 0.15) is 11.5 Å². The monoisotopic (exact) mass is 207 g/mol. The van der Waals surface area contributed by atoms with Crippen molar-refractivity contribution in [3.05, 3.63) is 35.9 Å². The Morgan fingerprint density at radius 3 is 2.67 bits per heavy atom. The van der Waals surface area contributed by atoms with Crippen LogP contribution in [0.25, 0.3) is 0 Å². The summed E-state index contributed by atoms with van der Waals surface area (Å²) >= 11 is 0. The Morgan fingerprint density at radius 2 is 2.13 bits per heavy atom. The number of hydrogen-bond acceptors (Lipinski definition) is 4. The van der Waals surface area contributed by atoms with E-state index in [1.165, 1.54) is 19.1 Å². The van der Waals surface area contributed by atoms with E-state index in [0.717, 1.165) is 0 Å². The molecule has 0 fully saturated rings. The van der Waals surface area contributed by atoms with Crippen LogP contribution in [0.3, 0.4) is 0 Å². The Balaban J connectivity index is 3.34. The van der Waals surface area contributed by atoms with Crippen LogP contribution in [0.1, 0.15) is 18.1 Å². The Morgan fingerprint density at radius 1 is 1.47 bits per heavy atom. The molecule has 0 amide bonds. The van der Waals surface area contributed by atoms with E-state index < -0.39 is 0 Å². The number of rotatable bonds is 3. The summed E-state index contributed by atoms with van der Waals surface area (Å²) in [4.78, 5) is 0. The second-order valence-corrected chi connectivity index (χ2v) is 3.18. The maximum absolute atomic E-state index is 9.80. The third-order valence-corrected chi connectivity index (χ3v) is 2.08. The van der Waals surface area contributed by atoms with Crippen molar-refractivity contribution in [2.45, 2.75) is 13.3 Å². The second-order valence-electron chi connectivity index (χ2n) is 3.18. The van der Waals surface area contributed by atoms with Gasteiger partial charge in [-0.15, -0.1) is 6.58 Å². The first-order chi connectivity index (χ1) is 7.10. The van der Waals surface area contributed by atoms with Gasteiger partial charge in [-0.1, -0.05) is 11.2 Å². The second kappa shape index (κ2) is 4.50. The summed E-state index contributed by atoms with van der Waals surface area (Å²) in [5.41, 5.74) is 1.10. The van der Waals surface area contributed by atoms with Gasteiger partial charge in [0.25, 0.3) is 0 Å². The average Bonchev–Trinajstić information content (AvgIpc) is 2.22. The molecule has 0 heterocycles. The lowest BCUT2D eigenvalue weighted by atomic mass is 10.0. The van der Waals surface area contributed by atoms with Crippen molar-refractivity contribution in [1.29, 1.82) is 0 Å². The van der Waals surface area contributed by atoms with Crippen LogP contribution in [-0.4, -0.2) is 21.1 Å². The SMILES string of the molecule is C=CCc1cc(O)cc(/C(C)=N\O)c1O. The smallest absolute Gasteiger partial charge is 0.128 e. The summed E-state index contributed by atoms with van der Waals surface area (Å²) in [6.45, 7) is 5.08. The van der Waals surface area contributed by atoms with E-state index in [2.05, 4.69) is 11.7 Å². The molecule has 15 heavy (non-hydrogen) atoms. The molecule has 0 unspecified atom stereocenters. The molecule has 80 valence electrons. The lowest BCUT2D eigenvalue weighted by molar-refractivity contribution is 0.318. The van der Waals surface area contributed by atoms with Crippen LogP contribution in [0.15, 0.2) is 29.9 Å². The molecule has 0 aliphatic heterocycles. The van der Waals surface area contributed by atoms with E-state index in [-0.39, 0.29) is 17.2 Å². The first kappa shape index (κ1) is 11.1. The van der Waals surface area contributed by atoms with Crippen LogP contribution in [0.5, 0.6) is 11.5 Å². The Kier molecular flexibility index (Phi) is 3.33. The zero-order valence-electron chi connectivity index (χ0n) is 8.44. The third kappa shape index (κ3) is 2.28. The highest BCUT2D eigenvalue weighted by Crippen LogP contribution is 2.28. The van der Waals surface area contributed by atoms with Gasteiger partial charge in [0.2, 0.25) is 0 Å². The van der Waals surface area contributed by atoms with Gasteiger partial charge in [-0.05, 0) is 25.5 Å². The molecule has 1 aromatic rings. The quantitative estimate of drug-likeness (QED) is 0.233. The van der Waals surface area contributed by atoms with Crippen LogP contribution >= 0.6 is 0 Å². The fraction of sp³-hybridized carbons (Fsp3) is 0.182. The van der Waals surface area contributed by atoms with Crippen molar-refractivity contribution in [1.82, 2.24) is 0 Å². The van der Waals surface area contributed by atoms with Gasteiger partial charge in [-0.25, -0.2) is 0 Å². The number of aromatic hydroxyl groups is 2. The zero-order valence-corrected chi connectivity index (χ0v) is 8.44. The predicted molar refractivity (Wildman–Crippen MR) is 57.7 cm³/mol. The Labute approximate surface area is 87.8 Å². The van der Waals surface area contributed by atoms with Gasteiger partial charge in [0.05, 0.1) is 5.71 Å². The van der Waals surface area contributed by atoms with E-state index in [0.29, 0.717) is 17.5 Å². The van der Waals surface area contributed by atoms with Gasteiger partial charge >= 0.3 is 0 Å². The van der Waals surface area contributed by atoms with Crippen LogP contribution < -0.4 is 0 Å². The third-order valence-electron chi connectivity index (χ3n) is 2.08. The molecule has 1 rings (SSSR count). The largest absolute Gasteiger partial charge is 0.508 e. The van der Waals surface area contributed by atoms with Crippen molar-refractivity contribution in [3.8, 4) is 11.5 Å². The Bertz CT molecular complexity index is 411. The number of nitrogens with zero attached hydrogens (tertiary/aromatic N) is 1. The molecule has 0 bridgehead atoms. The minimum Gasteiger partial charge on any atom is -0.508 e. The predicted octanol–water partition coefficient (Wildman–Crippen LogP) is 2.02. The summed E-state index contributed by atoms with van der Waals surface area (Å²) in [5.74, 6) is 0.0191. The number of hydrogen-bond donors (Lipinski definition) is 3. The van der Waals surface area contributed by atoms with Gasteiger partial charge in [0, 0.05) is 11.1 Å². The number of phenolic OH excluding ortho intramolecular Hbond substituents is 2. The lowest BCUT2D eigenvalue weighted by Gasteiger charge is -2.08. The number of benzene rings is 1. The first-order valence-corrected chi connectivity index (χ1v) is 4.45. The van der Waals surface area contributed by atoms with Crippen LogP contribution in [-0.2, 0) is 6.42 Å². The van der Waals surface area contributed by atoms with Crippen molar-refractivity contribution in [2.24, 2.45) is 5.16 Å². The summed E-state index contributed by atoms with van der Waals surface area (Å²) in [7, 11) is 0. The van der Waals surface area contributed by atoms with Crippen LogP contribution in [0, 0.1) is 0 Å². The topological polar surface area (TPSA) is 73.1 Å². The molecular formula is C11H13NO3. The van der Waals surface area contributed by atoms with Crippen molar-refractivity contribution in [3.63, 3.8) is 0 Å². The van der Waals surface area contributed by atoms with Crippen molar-refractivity contribution >= 4 is 5.71 Å². The van der Waals surface area contributed by atoms with E-state index in [9.17, 15) is 10.2 Å². The standard InChI is InChI=1S/C11H13NO3/c1-3-4-8-5-9(13)6-10(11(8)14)7(2)12-15/h3,5-6,13-15H,1,4H2,2H3/b12-7-. The first-order valence-electron chi connectivity index (χ1n) is 4.45. The van der Waals surface area contributed by atoms with Crippen LogP contribution in [0.2, 0.25) is 0 Å². The fourth-order valence-corrected chi connectivity index (χ4v) is 1.32. The average molecular weight is 207 g/mol. The summed E-state index contributed by atoms with van der Waals surface area (Å²) in [5, 5.41) is 30.8. The maximum Gasteiger partial charge on any atom is 0.128 e. The lowest BCUT2D eigenvalue weighted by Crippen LogP contribution is -1.97. The van der Waals surface area contributed by atoms with Gasteiger partial charge in [0.15, 0.2) is 0 Å². The van der Waals surface area contributed by atoms with Gasteiger partial charge in [-0.3, -0.25) is 0 Å². The minimum absolute atomic E-state index is 0.00278. The van der Waals surface area contributed by atoms with E-state index >= 15 is 0 Å². The molecular weight excluding hydrogens is 194 g/mol. The number of allylic oxidation sites excluding steroid dienone is 1. The molecule has 4 nitrogen and oxygen atoms in total. The number of phenols is 2. The van der Waals surface area contributed by atoms with Gasteiger partial charge in [-0.2, -0.15) is 0 Å². The molecule has 0 aromatic heterocycles. The summed E-state index contributed by atoms with van der Waals surface area (Å²) in [6, 6.07) is 2.79. The summed E-state index contributed by atoms with van der Waals surface area (Å²) < 4.78 is 0. The molecule has 0 saturated carbocycles. The molecule has 0 atom stereocenters. The molecule has 0 aliphatic rings. The Hall–Kier alpha value is -1.97. The van der Waals surface area contributed by atoms with E-state index in [1.54, 1.807) is 6.08 Å². The highest BCUT2D eigenvalue weighted by molar-refractivity contribution is 6.01. The highest BCUT2D eigenvalue weighted by Gasteiger charge is 2.11. The van der Waals surface area contributed by atoms with Crippen molar-refractivity contribution in [2.75, 3.05) is 0 Å². The molecule has 0 spiro atoms. The molecule has 3 N–H and O–H groups in total. The minimum atomic E-state index is 0.00278.